The molecule has 9 heteroatoms. The molecule has 0 aliphatic carbocycles. The highest BCUT2D eigenvalue weighted by atomic mass is 35.5. The fourth-order valence-electron chi connectivity index (χ4n) is 3.64. The van der Waals surface area contributed by atoms with Gasteiger partial charge < -0.3 is 20.4 Å². The van der Waals surface area contributed by atoms with Gasteiger partial charge in [0.05, 0.1) is 6.42 Å². The average Bonchev–Trinajstić information content (AvgIpc) is 2.67. The van der Waals surface area contributed by atoms with Crippen LogP contribution in [0.4, 0.5) is 0 Å². The molecular weight excluding hydrogens is 431 g/mol. The first kappa shape index (κ1) is 22.1. The number of rotatable bonds is 6. The first-order valence-electron chi connectivity index (χ1n) is 9.17. The van der Waals surface area contributed by atoms with Crippen LogP contribution in [0.15, 0.2) is 36.4 Å². The van der Waals surface area contributed by atoms with Crippen LogP contribution in [0.25, 0.3) is 0 Å². The molecule has 1 aliphatic heterocycles. The van der Waals surface area contributed by atoms with E-state index in [9.17, 15) is 14.4 Å². The first-order valence-corrected chi connectivity index (χ1v) is 9.93. The molecule has 2 aromatic carbocycles. The van der Waals surface area contributed by atoms with Gasteiger partial charge in [0.2, 0.25) is 0 Å². The van der Waals surface area contributed by atoms with Crippen LogP contribution in [-0.2, 0) is 16.1 Å². The van der Waals surface area contributed by atoms with Crippen LogP contribution in [0.3, 0.4) is 0 Å². The monoisotopic (exact) mass is 450 g/mol. The number of fused-ring (bicyclic) bond motifs is 1. The number of nitrogens with zero attached hydrogens (tertiary/aromatic N) is 1. The van der Waals surface area contributed by atoms with Gasteiger partial charge in [-0.1, -0.05) is 35.3 Å². The number of aliphatic carboxylic acids is 2. The standard InChI is InChI=1S/C21H20Cl2N2O5/c1-25-9-15(14-6-13(22)7-17(23)16(14)10-25)11-3-2-4-12(5-11)20(28)24-18(21(29)30)8-19(26)27/h2-7,15,18H,8-10H2,1H3,(H,24,28)(H,26,27)(H,29,30)/t15?,18-/m0/s1. The van der Waals surface area contributed by atoms with Gasteiger partial charge in [-0.2, -0.15) is 0 Å². The summed E-state index contributed by atoms with van der Waals surface area (Å²) in [6.45, 7) is 1.36. The maximum Gasteiger partial charge on any atom is 0.326 e. The number of hydrogen-bond acceptors (Lipinski definition) is 4. The van der Waals surface area contributed by atoms with E-state index in [1.165, 1.54) is 0 Å². The van der Waals surface area contributed by atoms with Crippen molar-refractivity contribution in [1.82, 2.24) is 10.2 Å². The molecule has 1 aliphatic rings. The molecule has 0 saturated carbocycles. The molecule has 0 spiro atoms. The Labute approximate surface area is 183 Å². The fourth-order valence-corrected chi connectivity index (χ4v) is 4.21. The second-order valence-corrected chi connectivity index (χ2v) is 8.14. The van der Waals surface area contributed by atoms with Crippen molar-refractivity contribution >= 4 is 41.0 Å². The molecule has 0 aromatic heterocycles. The number of benzene rings is 2. The molecule has 0 saturated heterocycles. The van der Waals surface area contributed by atoms with Gasteiger partial charge in [-0.15, -0.1) is 0 Å². The topological polar surface area (TPSA) is 107 Å². The van der Waals surface area contributed by atoms with Crippen molar-refractivity contribution in [2.45, 2.75) is 24.9 Å². The van der Waals surface area contributed by atoms with E-state index in [0.717, 1.165) is 16.7 Å². The number of amides is 1. The highest BCUT2D eigenvalue weighted by Crippen LogP contribution is 2.38. The maximum atomic E-state index is 12.6. The van der Waals surface area contributed by atoms with Crippen LogP contribution in [0.1, 0.15) is 39.4 Å². The normalized spacial score (nSPS) is 17.1. The summed E-state index contributed by atoms with van der Waals surface area (Å²) in [5, 5.41) is 21.4. The highest BCUT2D eigenvalue weighted by Gasteiger charge is 2.28. The van der Waals surface area contributed by atoms with Crippen molar-refractivity contribution in [2.24, 2.45) is 0 Å². The van der Waals surface area contributed by atoms with Gasteiger partial charge in [0.25, 0.3) is 5.91 Å². The Kier molecular flexibility index (Phi) is 6.65. The van der Waals surface area contributed by atoms with Crippen LogP contribution in [0.5, 0.6) is 0 Å². The summed E-state index contributed by atoms with van der Waals surface area (Å²) in [6, 6.07) is 8.88. The molecule has 30 heavy (non-hydrogen) atoms. The van der Waals surface area contributed by atoms with E-state index in [1.54, 1.807) is 24.3 Å². The van der Waals surface area contributed by atoms with E-state index in [1.807, 2.05) is 19.2 Å². The Morgan fingerprint density at radius 1 is 1.20 bits per heavy atom. The summed E-state index contributed by atoms with van der Waals surface area (Å²) < 4.78 is 0. The van der Waals surface area contributed by atoms with Crippen LogP contribution in [0.2, 0.25) is 10.0 Å². The zero-order valence-corrected chi connectivity index (χ0v) is 17.6. The Bertz CT molecular complexity index is 1010. The lowest BCUT2D eigenvalue weighted by Gasteiger charge is -2.33. The Morgan fingerprint density at radius 2 is 1.93 bits per heavy atom. The van der Waals surface area contributed by atoms with Gasteiger partial charge in [0.1, 0.15) is 6.04 Å². The third-order valence-electron chi connectivity index (χ3n) is 5.03. The van der Waals surface area contributed by atoms with E-state index >= 15 is 0 Å². The van der Waals surface area contributed by atoms with Gasteiger partial charge in [0, 0.05) is 34.6 Å². The minimum Gasteiger partial charge on any atom is -0.481 e. The fraction of sp³-hybridized carbons (Fsp3) is 0.286. The van der Waals surface area contributed by atoms with Crippen LogP contribution >= 0.6 is 23.2 Å². The van der Waals surface area contributed by atoms with Gasteiger partial charge >= 0.3 is 11.9 Å². The summed E-state index contributed by atoms with van der Waals surface area (Å²) in [7, 11) is 1.97. The Balaban J connectivity index is 1.92. The minimum absolute atomic E-state index is 0.0861. The number of carboxylic acids is 2. The molecule has 3 rings (SSSR count). The summed E-state index contributed by atoms with van der Waals surface area (Å²) in [5.74, 6) is -3.46. The van der Waals surface area contributed by atoms with Crippen molar-refractivity contribution in [2.75, 3.05) is 13.6 Å². The number of nitrogens with one attached hydrogen (secondary N) is 1. The van der Waals surface area contributed by atoms with Crippen molar-refractivity contribution in [1.29, 1.82) is 0 Å². The second-order valence-electron chi connectivity index (χ2n) is 7.29. The molecule has 1 unspecified atom stereocenters. The predicted octanol–water partition coefficient (Wildman–Crippen LogP) is 3.23. The third kappa shape index (κ3) is 4.92. The van der Waals surface area contributed by atoms with Gasteiger partial charge in [0.15, 0.2) is 0 Å². The molecule has 3 N–H and O–H groups in total. The lowest BCUT2D eigenvalue weighted by molar-refractivity contribution is -0.145. The number of halogens is 2. The quantitative estimate of drug-likeness (QED) is 0.623. The van der Waals surface area contributed by atoms with Crippen molar-refractivity contribution in [3.63, 3.8) is 0 Å². The van der Waals surface area contributed by atoms with E-state index in [-0.39, 0.29) is 11.5 Å². The average molecular weight is 451 g/mol. The molecule has 0 radical (unpaired) electrons. The zero-order valence-electron chi connectivity index (χ0n) is 16.1. The molecule has 2 aromatic rings. The molecular formula is C21H20Cl2N2O5. The lowest BCUT2D eigenvalue weighted by atomic mass is 9.84. The second kappa shape index (κ2) is 9.04. The lowest BCUT2D eigenvalue weighted by Crippen LogP contribution is -2.42. The smallest absolute Gasteiger partial charge is 0.326 e. The number of carbonyl (C=O) groups is 3. The number of likely N-dealkylation sites (N-methyl/N-ethyl adjacent to an activating group) is 1. The number of carboxylic acid groups (broad SMARTS) is 2. The highest BCUT2D eigenvalue weighted by molar-refractivity contribution is 6.35. The largest absolute Gasteiger partial charge is 0.481 e. The number of carbonyl (C=O) groups excluding carboxylic acids is 1. The van der Waals surface area contributed by atoms with Crippen molar-refractivity contribution in [3.05, 3.63) is 68.7 Å². The summed E-state index contributed by atoms with van der Waals surface area (Å²) in [5.41, 5.74) is 3.05. The molecule has 1 heterocycles. The predicted molar refractivity (Wildman–Crippen MR) is 112 cm³/mol. The third-order valence-corrected chi connectivity index (χ3v) is 5.58. The SMILES string of the molecule is CN1Cc2c(Cl)cc(Cl)cc2C(c2cccc(C(=O)N[C@@H](CC(=O)O)C(=O)O)c2)C1. The minimum atomic E-state index is -1.52. The van der Waals surface area contributed by atoms with Gasteiger partial charge in [-0.25, -0.2) is 4.79 Å². The maximum absolute atomic E-state index is 12.6. The van der Waals surface area contributed by atoms with Gasteiger partial charge in [-0.3, -0.25) is 9.59 Å². The zero-order chi connectivity index (χ0) is 22.0. The van der Waals surface area contributed by atoms with E-state index in [2.05, 4.69) is 10.2 Å². The molecule has 7 nitrogen and oxygen atoms in total. The summed E-state index contributed by atoms with van der Waals surface area (Å²) in [4.78, 5) is 36.8. The summed E-state index contributed by atoms with van der Waals surface area (Å²) >= 11 is 12.6. The molecule has 1 amide bonds. The van der Waals surface area contributed by atoms with E-state index < -0.39 is 30.3 Å². The molecule has 2 atom stereocenters. The van der Waals surface area contributed by atoms with Crippen LogP contribution < -0.4 is 5.32 Å². The van der Waals surface area contributed by atoms with Crippen molar-refractivity contribution in [3.8, 4) is 0 Å². The van der Waals surface area contributed by atoms with Crippen molar-refractivity contribution < 1.29 is 24.6 Å². The van der Waals surface area contributed by atoms with Crippen LogP contribution in [0, 0.1) is 0 Å². The Morgan fingerprint density at radius 3 is 2.60 bits per heavy atom. The number of hydrogen-bond donors (Lipinski definition) is 3. The van der Waals surface area contributed by atoms with E-state index in [0.29, 0.717) is 23.1 Å². The molecule has 0 bridgehead atoms. The first-order chi connectivity index (χ1) is 14.2. The van der Waals surface area contributed by atoms with Gasteiger partial charge in [-0.05, 0) is 48.0 Å². The molecule has 0 fully saturated rings. The summed E-state index contributed by atoms with van der Waals surface area (Å²) in [6.07, 6.45) is -0.710. The van der Waals surface area contributed by atoms with E-state index in [4.69, 9.17) is 33.4 Å². The van der Waals surface area contributed by atoms with Crippen LogP contribution in [-0.4, -0.2) is 52.6 Å². The molecule has 158 valence electrons. The Hall–Kier alpha value is -2.61.